The predicted octanol–water partition coefficient (Wildman–Crippen LogP) is 3.99. The zero-order chi connectivity index (χ0) is 22.6. The third kappa shape index (κ3) is 4.80. The van der Waals surface area contributed by atoms with Gasteiger partial charge in [-0.15, -0.1) is 0 Å². The second kappa shape index (κ2) is 8.82. The van der Waals surface area contributed by atoms with Gasteiger partial charge in [-0.2, -0.15) is 18.3 Å². The number of nitrogens with zero attached hydrogens (tertiary/aromatic N) is 3. The van der Waals surface area contributed by atoms with E-state index in [2.05, 4.69) is 10.1 Å². The van der Waals surface area contributed by atoms with Crippen LogP contribution in [0.25, 0.3) is 5.69 Å². The van der Waals surface area contributed by atoms with Crippen LogP contribution in [-0.2, 0) is 6.18 Å². The largest absolute Gasteiger partial charge is 0.491 e. The molecule has 0 aliphatic heterocycles. The van der Waals surface area contributed by atoms with Gasteiger partial charge in [-0.1, -0.05) is 18.2 Å². The highest BCUT2D eigenvalue weighted by atomic mass is 19.4. The number of nitrogens with two attached hydrogens (primary N) is 1. The first kappa shape index (κ1) is 21.8. The minimum atomic E-state index is -4.71. The van der Waals surface area contributed by atoms with Gasteiger partial charge >= 0.3 is 6.18 Å². The average Bonchev–Trinajstić information content (AvgIpc) is 2.74. The molecule has 3 rings (SSSR count). The lowest BCUT2D eigenvalue weighted by Crippen LogP contribution is -2.23. The molecule has 6 nitrogen and oxygen atoms in total. The van der Waals surface area contributed by atoms with E-state index in [-0.39, 0.29) is 22.8 Å². The lowest BCUT2D eigenvalue weighted by Gasteiger charge is -2.13. The van der Waals surface area contributed by atoms with Crippen LogP contribution in [0, 0.1) is 5.82 Å². The number of allylic oxidation sites excluding steroid dienone is 1. The molecule has 1 aromatic heterocycles. The van der Waals surface area contributed by atoms with Crippen molar-refractivity contribution in [3.63, 3.8) is 0 Å². The summed E-state index contributed by atoms with van der Waals surface area (Å²) >= 11 is 0. The fourth-order valence-electron chi connectivity index (χ4n) is 2.68. The van der Waals surface area contributed by atoms with Crippen LogP contribution in [0.15, 0.2) is 76.8 Å². The van der Waals surface area contributed by atoms with E-state index in [0.29, 0.717) is 17.8 Å². The van der Waals surface area contributed by atoms with Crippen molar-refractivity contribution in [2.24, 2.45) is 10.7 Å². The normalized spacial score (nSPS) is 12.4. The predicted molar refractivity (Wildman–Crippen MR) is 107 cm³/mol. The molecule has 0 spiro atoms. The number of halogens is 4. The number of para-hydroxylation sites is 1. The number of alkyl halides is 3. The van der Waals surface area contributed by atoms with Crippen molar-refractivity contribution in [1.82, 2.24) is 9.78 Å². The fraction of sp³-hybridized carbons (Fsp3) is 0.0952. The standard InChI is InChI=1S/C21H16F4N4O2/c1-31-18-12-29(17-8-7-13(11-15(17)22)21(23,24)25)28-19(20(18)30)16(9-10-26)27-14-5-3-2-4-6-14/h2-12H,26H2,1H3. The molecule has 2 aromatic carbocycles. The van der Waals surface area contributed by atoms with E-state index >= 15 is 0 Å². The van der Waals surface area contributed by atoms with Crippen LogP contribution in [0.1, 0.15) is 11.3 Å². The maximum absolute atomic E-state index is 14.5. The Kier molecular flexibility index (Phi) is 6.19. The zero-order valence-electron chi connectivity index (χ0n) is 16.1. The van der Waals surface area contributed by atoms with Gasteiger partial charge in [-0.3, -0.25) is 4.79 Å². The molecule has 2 N–H and O–H groups in total. The van der Waals surface area contributed by atoms with Gasteiger partial charge in [0.15, 0.2) is 11.4 Å². The number of ether oxygens (including phenoxy) is 1. The number of methoxy groups -OCH3 is 1. The summed E-state index contributed by atoms with van der Waals surface area (Å²) in [7, 11) is 1.22. The molecule has 1 heterocycles. The Morgan fingerprint density at radius 1 is 1.19 bits per heavy atom. The van der Waals surface area contributed by atoms with Crippen LogP contribution in [0.5, 0.6) is 5.75 Å². The summed E-state index contributed by atoms with van der Waals surface area (Å²) in [5, 5.41) is 4.08. The van der Waals surface area contributed by atoms with Crippen molar-refractivity contribution in [3.05, 3.63) is 94.3 Å². The van der Waals surface area contributed by atoms with Crippen molar-refractivity contribution >= 4 is 11.4 Å². The quantitative estimate of drug-likeness (QED) is 0.488. The van der Waals surface area contributed by atoms with Crippen molar-refractivity contribution in [3.8, 4) is 11.4 Å². The van der Waals surface area contributed by atoms with Crippen molar-refractivity contribution in [2.75, 3.05) is 7.11 Å². The van der Waals surface area contributed by atoms with Crippen LogP contribution in [-0.4, -0.2) is 22.6 Å². The van der Waals surface area contributed by atoms with E-state index in [1.165, 1.54) is 13.2 Å². The molecule has 31 heavy (non-hydrogen) atoms. The summed E-state index contributed by atoms with van der Waals surface area (Å²) in [4.78, 5) is 17.1. The van der Waals surface area contributed by atoms with E-state index in [4.69, 9.17) is 10.5 Å². The van der Waals surface area contributed by atoms with Gasteiger partial charge in [0.1, 0.15) is 11.5 Å². The maximum atomic E-state index is 14.5. The molecule has 0 radical (unpaired) electrons. The summed E-state index contributed by atoms with van der Waals surface area (Å²) in [6, 6.07) is 10.6. The summed E-state index contributed by atoms with van der Waals surface area (Å²) < 4.78 is 59.0. The lowest BCUT2D eigenvalue weighted by molar-refractivity contribution is -0.137. The number of aliphatic imine (C=N–C) groups is 1. The van der Waals surface area contributed by atoms with Gasteiger partial charge < -0.3 is 10.5 Å². The van der Waals surface area contributed by atoms with Gasteiger partial charge in [0.05, 0.1) is 30.3 Å². The second-order valence-corrected chi connectivity index (χ2v) is 6.18. The molecular weight excluding hydrogens is 416 g/mol. The first-order valence-electron chi connectivity index (χ1n) is 8.82. The molecule has 0 aliphatic rings. The molecule has 0 bridgehead atoms. The molecule has 10 heteroatoms. The first-order chi connectivity index (χ1) is 14.7. The monoisotopic (exact) mass is 432 g/mol. The summed E-state index contributed by atoms with van der Waals surface area (Å²) in [6.45, 7) is 0. The van der Waals surface area contributed by atoms with Gasteiger partial charge in [0, 0.05) is 0 Å². The van der Waals surface area contributed by atoms with Crippen LogP contribution in [0.2, 0.25) is 0 Å². The Morgan fingerprint density at radius 3 is 2.48 bits per heavy atom. The lowest BCUT2D eigenvalue weighted by atomic mass is 10.2. The van der Waals surface area contributed by atoms with Crippen molar-refractivity contribution < 1.29 is 22.3 Å². The van der Waals surface area contributed by atoms with Gasteiger partial charge in [0.2, 0.25) is 0 Å². The summed E-state index contributed by atoms with van der Waals surface area (Å²) in [6.07, 6.45) is -1.17. The first-order valence-corrected chi connectivity index (χ1v) is 8.82. The average molecular weight is 432 g/mol. The Hall–Kier alpha value is -3.95. The molecule has 0 saturated carbocycles. The van der Waals surface area contributed by atoms with Gasteiger partial charge in [-0.05, 0) is 42.6 Å². The Morgan fingerprint density at radius 2 is 1.90 bits per heavy atom. The highest BCUT2D eigenvalue weighted by molar-refractivity contribution is 6.08. The maximum Gasteiger partial charge on any atom is 0.416 e. The highest BCUT2D eigenvalue weighted by Gasteiger charge is 2.31. The van der Waals surface area contributed by atoms with E-state index in [1.807, 2.05) is 0 Å². The van der Waals surface area contributed by atoms with Crippen LogP contribution in [0.3, 0.4) is 0 Å². The Balaban J connectivity index is 2.21. The van der Waals surface area contributed by atoms with Crippen LogP contribution >= 0.6 is 0 Å². The number of rotatable bonds is 5. The third-order valence-electron chi connectivity index (χ3n) is 4.13. The van der Waals surface area contributed by atoms with Gasteiger partial charge in [0.25, 0.3) is 5.43 Å². The number of hydrogen-bond acceptors (Lipinski definition) is 5. The van der Waals surface area contributed by atoms with Crippen LogP contribution < -0.4 is 15.9 Å². The summed E-state index contributed by atoms with van der Waals surface area (Å²) in [5.41, 5.74) is 3.67. The molecule has 0 fully saturated rings. The smallest absolute Gasteiger partial charge is 0.416 e. The number of hydrogen-bond donors (Lipinski definition) is 1. The van der Waals surface area contributed by atoms with E-state index in [9.17, 15) is 22.4 Å². The minimum absolute atomic E-state index is 0.0543. The number of benzene rings is 2. The minimum Gasteiger partial charge on any atom is -0.491 e. The van der Waals surface area contributed by atoms with E-state index in [1.54, 1.807) is 30.3 Å². The molecule has 0 aliphatic carbocycles. The summed E-state index contributed by atoms with van der Waals surface area (Å²) in [5.74, 6) is -1.40. The molecule has 0 amide bonds. The second-order valence-electron chi connectivity index (χ2n) is 6.18. The highest BCUT2D eigenvalue weighted by Crippen LogP contribution is 2.31. The SMILES string of the molecule is COc1cn(-c2ccc(C(F)(F)F)cc2F)nc(C(C=CN)=Nc2ccccc2)c1=O. The fourth-order valence-corrected chi connectivity index (χ4v) is 2.68. The number of aromatic nitrogens is 2. The third-order valence-corrected chi connectivity index (χ3v) is 4.13. The molecule has 0 saturated heterocycles. The topological polar surface area (TPSA) is 82.5 Å². The Labute approximate surface area is 173 Å². The van der Waals surface area contributed by atoms with Crippen LogP contribution in [0.4, 0.5) is 23.2 Å². The molecule has 0 atom stereocenters. The molecule has 3 aromatic rings. The van der Waals surface area contributed by atoms with Crippen molar-refractivity contribution in [1.29, 1.82) is 0 Å². The Bertz CT molecular complexity index is 1200. The van der Waals surface area contributed by atoms with Gasteiger partial charge in [-0.25, -0.2) is 14.1 Å². The van der Waals surface area contributed by atoms with E-state index in [0.717, 1.165) is 23.1 Å². The van der Waals surface area contributed by atoms with Crippen molar-refractivity contribution in [2.45, 2.75) is 6.18 Å². The molecule has 0 unspecified atom stereocenters. The molecular formula is C21H16F4N4O2. The zero-order valence-corrected chi connectivity index (χ0v) is 16.1. The van der Waals surface area contributed by atoms with E-state index < -0.39 is 23.0 Å². The molecule has 160 valence electrons.